The number of nitriles is 1. The predicted molar refractivity (Wildman–Crippen MR) is 111 cm³/mol. The van der Waals surface area contributed by atoms with Gasteiger partial charge < -0.3 is 9.72 Å². The molecule has 0 atom stereocenters. The third kappa shape index (κ3) is 4.07. The molecule has 4 aromatic rings. The van der Waals surface area contributed by atoms with Crippen molar-refractivity contribution in [2.75, 3.05) is 0 Å². The number of H-pyrrole nitrogens is 1. The lowest BCUT2D eigenvalue weighted by atomic mass is 10.0. The van der Waals surface area contributed by atoms with Crippen LogP contribution in [0.1, 0.15) is 21.6 Å². The summed E-state index contributed by atoms with van der Waals surface area (Å²) in [5, 5.41) is 10.3. The van der Waals surface area contributed by atoms with E-state index in [2.05, 4.69) is 9.97 Å². The number of aromatic nitrogens is 2. The fourth-order valence-electron chi connectivity index (χ4n) is 3.02. The number of ether oxygens (including phenoxy) is 1. The normalized spacial score (nSPS) is 11.2. The molecule has 1 N–H and O–H groups in total. The number of para-hydroxylation sites is 1. The summed E-state index contributed by atoms with van der Waals surface area (Å²) in [5.41, 5.74) is 3.02. The first kappa shape index (κ1) is 18.2. The maximum Gasteiger partial charge on any atom is 0.205 e. The summed E-state index contributed by atoms with van der Waals surface area (Å²) in [6.45, 7) is 0.374. The van der Waals surface area contributed by atoms with Gasteiger partial charge in [-0.15, -0.1) is 0 Å². The second-order valence-corrected chi connectivity index (χ2v) is 6.43. The van der Waals surface area contributed by atoms with Gasteiger partial charge in [0.1, 0.15) is 24.0 Å². The lowest BCUT2D eigenvalue weighted by molar-refractivity contribution is 0.104. The highest BCUT2D eigenvalue weighted by Gasteiger charge is 2.16. The molecule has 29 heavy (non-hydrogen) atoms. The molecule has 0 bridgehead atoms. The number of benzene rings is 2. The third-order valence-electron chi connectivity index (χ3n) is 4.50. The minimum Gasteiger partial charge on any atom is -0.487 e. The summed E-state index contributed by atoms with van der Waals surface area (Å²) in [7, 11) is 0. The Morgan fingerprint density at radius 2 is 1.86 bits per heavy atom. The van der Waals surface area contributed by atoms with Crippen LogP contribution in [0.25, 0.3) is 17.0 Å². The first-order valence-electron chi connectivity index (χ1n) is 9.10. The van der Waals surface area contributed by atoms with Gasteiger partial charge in [-0.2, -0.15) is 5.26 Å². The average Bonchev–Trinajstić information content (AvgIpc) is 3.21. The van der Waals surface area contributed by atoms with Gasteiger partial charge in [-0.25, -0.2) is 0 Å². The van der Waals surface area contributed by atoms with Gasteiger partial charge in [0.25, 0.3) is 0 Å². The summed E-state index contributed by atoms with van der Waals surface area (Å²) >= 11 is 0. The molecular weight excluding hydrogens is 362 g/mol. The molecule has 0 radical (unpaired) electrons. The number of pyridine rings is 1. The van der Waals surface area contributed by atoms with Crippen molar-refractivity contribution in [1.29, 1.82) is 5.26 Å². The number of hydrogen-bond acceptors (Lipinski definition) is 4. The van der Waals surface area contributed by atoms with Crippen LogP contribution in [0.3, 0.4) is 0 Å². The largest absolute Gasteiger partial charge is 0.487 e. The van der Waals surface area contributed by atoms with E-state index in [1.807, 2.05) is 60.7 Å². The number of nitrogens with one attached hydrogen (secondary N) is 1. The molecule has 0 spiro atoms. The van der Waals surface area contributed by atoms with E-state index in [1.165, 1.54) is 0 Å². The number of carbonyl (C=O) groups excluding carboxylic acids is 1. The average molecular weight is 379 g/mol. The van der Waals surface area contributed by atoms with Crippen LogP contribution in [-0.2, 0) is 6.61 Å². The molecule has 0 amide bonds. The van der Waals surface area contributed by atoms with Crippen LogP contribution in [0.2, 0.25) is 0 Å². The fraction of sp³-hybridized carbons (Fsp3) is 0.0417. The van der Waals surface area contributed by atoms with Crippen molar-refractivity contribution in [2.24, 2.45) is 0 Å². The van der Waals surface area contributed by atoms with Crippen LogP contribution in [0.15, 0.2) is 84.7 Å². The van der Waals surface area contributed by atoms with Crippen LogP contribution < -0.4 is 4.74 Å². The van der Waals surface area contributed by atoms with Gasteiger partial charge in [-0.1, -0.05) is 36.4 Å². The maximum absolute atomic E-state index is 12.8. The summed E-state index contributed by atoms with van der Waals surface area (Å²) in [4.78, 5) is 20.1. The number of ketones is 1. The van der Waals surface area contributed by atoms with Gasteiger partial charge in [-0.3, -0.25) is 9.78 Å². The molecule has 2 aromatic carbocycles. The Hall–Kier alpha value is -4.17. The number of hydrogen-bond donors (Lipinski definition) is 1. The van der Waals surface area contributed by atoms with Crippen molar-refractivity contribution >= 4 is 22.8 Å². The first-order chi connectivity index (χ1) is 14.2. The van der Waals surface area contributed by atoms with Crippen molar-refractivity contribution in [2.45, 2.75) is 6.61 Å². The number of nitrogens with zero attached hydrogens (tertiary/aromatic N) is 2. The lowest BCUT2D eigenvalue weighted by Crippen LogP contribution is -2.01. The zero-order chi connectivity index (χ0) is 20.1. The summed E-state index contributed by atoms with van der Waals surface area (Å²) in [5.74, 6) is 0.384. The maximum atomic E-state index is 12.8. The highest BCUT2D eigenvalue weighted by atomic mass is 16.5. The van der Waals surface area contributed by atoms with E-state index in [9.17, 15) is 10.1 Å². The SMILES string of the molecule is N#CC(=Cc1ccc(OCc2ccccn2)cc1)C(=O)c1c[nH]c2ccccc12. The third-order valence-corrected chi connectivity index (χ3v) is 4.50. The lowest BCUT2D eigenvalue weighted by Gasteiger charge is -2.06. The standard InChI is InChI=1S/C24H17N3O2/c25-14-18(24(28)22-15-27-23-7-2-1-6-21(22)23)13-17-8-10-20(11-9-17)29-16-19-5-3-4-12-26-19/h1-13,15,27H,16H2. The van der Waals surface area contributed by atoms with E-state index in [-0.39, 0.29) is 11.4 Å². The molecule has 0 aliphatic rings. The summed E-state index contributed by atoms with van der Waals surface area (Å²) < 4.78 is 5.71. The van der Waals surface area contributed by atoms with E-state index in [0.717, 1.165) is 22.2 Å². The van der Waals surface area contributed by atoms with Gasteiger partial charge in [0, 0.05) is 28.9 Å². The molecule has 0 unspecified atom stereocenters. The van der Waals surface area contributed by atoms with Crippen LogP contribution >= 0.6 is 0 Å². The highest BCUT2D eigenvalue weighted by molar-refractivity contribution is 6.19. The summed E-state index contributed by atoms with van der Waals surface area (Å²) in [6, 6.07) is 22.4. The van der Waals surface area contributed by atoms with Gasteiger partial charge in [0.05, 0.1) is 5.69 Å². The zero-order valence-corrected chi connectivity index (χ0v) is 15.5. The first-order valence-corrected chi connectivity index (χ1v) is 9.10. The molecule has 0 fully saturated rings. The molecule has 0 saturated carbocycles. The Kier molecular flexibility index (Phi) is 5.17. The Balaban J connectivity index is 1.51. The smallest absolute Gasteiger partial charge is 0.205 e. The molecule has 4 rings (SSSR count). The molecular formula is C24H17N3O2. The number of rotatable bonds is 6. The van der Waals surface area contributed by atoms with Gasteiger partial charge in [0.15, 0.2) is 0 Å². The van der Waals surface area contributed by atoms with Gasteiger partial charge >= 0.3 is 0 Å². The quantitative estimate of drug-likeness (QED) is 0.293. The Morgan fingerprint density at radius 1 is 1.07 bits per heavy atom. The van der Waals surface area contributed by atoms with Gasteiger partial charge in [0.2, 0.25) is 5.78 Å². The zero-order valence-electron chi connectivity index (χ0n) is 15.5. The van der Waals surface area contributed by atoms with E-state index in [0.29, 0.717) is 17.9 Å². The minimum atomic E-state index is -0.305. The topological polar surface area (TPSA) is 78.8 Å². The minimum absolute atomic E-state index is 0.0805. The Bertz CT molecular complexity index is 1220. The van der Waals surface area contributed by atoms with Crippen molar-refractivity contribution < 1.29 is 9.53 Å². The molecule has 0 aliphatic heterocycles. The van der Waals surface area contributed by atoms with Crippen molar-refractivity contribution in [3.05, 3.63) is 102 Å². The van der Waals surface area contributed by atoms with Crippen LogP contribution in [0.5, 0.6) is 5.75 Å². The summed E-state index contributed by atoms with van der Waals surface area (Å²) in [6.07, 6.45) is 4.96. The van der Waals surface area contributed by atoms with Crippen molar-refractivity contribution in [1.82, 2.24) is 9.97 Å². The molecule has 2 heterocycles. The van der Waals surface area contributed by atoms with Crippen LogP contribution in [0, 0.1) is 11.3 Å². The van der Waals surface area contributed by atoms with Gasteiger partial charge in [-0.05, 0) is 42.0 Å². The Labute approximate surface area is 167 Å². The van der Waals surface area contributed by atoms with E-state index < -0.39 is 0 Å². The second-order valence-electron chi connectivity index (χ2n) is 6.43. The monoisotopic (exact) mass is 379 g/mol. The van der Waals surface area contributed by atoms with E-state index in [1.54, 1.807) is 30.6 Å². The molecule has 0 saturated heterocycles. The number of aromatic amines is 1. The molecule has 0 aliphatic carbocycles. The number of Topliss-reactive ketones (excluding diaryl/α,β-unsaturated/α-hetero) is 1. The van der Waals surface area contributed by atoms with Crippen LogP contribution in [-0.4, -0.2) is 15.8 Å². The van der Waals surface area contributed by atoms with Crippen molar-refractivity contribution in [3.8, 4) is 11.8 Å². The highest BCUT2D eigenvalue weighted by Crippen LogP contribution is 2.22. The number of carbonyl (C=O) groups is 1. The van der Waals surface area contributed by atoms with E-state index in [4.69, 9.17) is 4.74 Å². The molecule has 5 heteroatoms. The number of fused-ring (bicyclic) bond motifs is 1. The van der Waals surface area contributed by atoms with E-state index >= 15 is 0 Å². The molecule has 2 aromatic heterocycles. The van der Waals surface area contributed by atoms with Crippen LogP contribution in [0.4, 0.5) is 0 Å². The molecule has 5 nitrogen and oxygen atoms in total. The van der Waals surface area contributed by atoms with Crippen molar-refractivity contribution in [3.63, 3.8) is 0 Å². The number of allylic oxidation sites excluding steroid dienone is 1. The second kappa shape index (κ2) is 8.24. The predicted octanol–water partition coefficient (Wildman–Crippen LogP) is 4.93. The Morgan fingerprint density at radius 3 is 2.62 bits per heavy atom. The fourth-order valence-corrected chi connectivity index (χ4v) is 3.02. The molecule has 140 valence electrons.